The third-order valence-electron chi connectivity index (χ3n) is 4.32. The number of benzene rings is 2. The Hall–Kier alpha value is -1.84. The van der Waals surface area contributed by atoms with Crippen LogP contribution in [0.5, 0.6) is 0 Å². The van der Waals surface area contributed by atoms with Crippen molar-refractivity contribution in [3.05, 3.63) is 76.9 Å². The standard InChI is InChI=1S/C19H18F4O3S2/c20-18-11-5-4-10-16(18)17(15-8-2-1-3-9-15)14-27(12-6-7-13-27)26-28(24,25)19(21,22)23/h1-5,8-11,14H,6-7,12-13H2. The lowest BCUT2D eigenvalue weighted by Crippen LogP contribution is -2.27. The molecule has 9 heteroatoms. The molecule has 0 radical (unpaired) electrons. The van der Waals surface area contributed by atoms with E-state index in [0.717, 1.165) is 0 Å². The van der Waals surface area contributed by atoms with Gasteiger partial charge in [-0.1, -0.05) is 58.8 Å². The van der Waals surface area contributed by atoms with E-state index in [1.165, 1.54) is 23.6 Å². The van der Waals surface area contributed by atoms with Gasteiger partial charge < -0.3 is 0 Å². The van der Waals surface area contributed by atoms with Crippen LogP contribution >= 0.6 is 10.3 Å². The van der Waals surface area contributed by atoms with E-state index in [2.05, 4.69) is 0 Å². The summed E-state index contributed by atoms with van der Waals surface area (Å²) in [5, 5.41) is 1.41. The van der Waals surface area contributed by atoms with E-state index >= 15 is 0 Å². The van der Waals surface area contributed by atoms with Gasteiger partial charge in [0.1, 0.15) is 5.82 Å². The summed E-state index contributed by atoms with van der Waals surface area (Å²) >= 11 is 0. The first-order valence-corrected chi connectivity index (χ1v) is 11.8. The van der Waals surface area contributed by atoms with Crippen molar-refractivity contribution in [3.63, 3.8) is 0 Å². The molecular weight excluding hydrogens is 416 g/mol. The molecular formula is C19H18F4O3S2. The molecule has 0 saturated carbocycles. The molecule has 1 fully saturated rings. The van der Waals surface area contributed by atoms with Crippen LogP contribution in [0.3, 0.4) is 0 Å². The van der Waals surface area contributed by atoms with Crippen molar-refractivity contribution in [2.75, 3.05) is 11.5 Å². The van der Waals surface area contributed by atoms with Crippen LogP contribution in [0.2, 0.25) is 0 Å². The fraction of sp³-hybridized carbons (Fsp3) is 0.263. The summed E-state index contributed by atoms with van der Waals surface area (Å²) in [5.41, 5.74) is -4.43. The van der Waals surface area contributed by atoms with Crippen molar-refractivity contribution >= 4 is 26.0 Å². The summed E-state index contributed by atoms with van der Waals surface area (Å²) in [6.07, 6.45) is 1.08. The Morgan fingerprint density at radius 3 is 2.11 bits per heavy atom. The minimum Gasteiger partial charge on any atom is -0.209 e. The predicted octanol–water partition coefficient (Wildman–Crippen LogP) is 5.59. The van der Waals surface area contributed by atoms with Gasteiger partial charge in [-0.2, -0.15) is 21.6 Å². The fourth-order valence-electron chi connectivity index (χ4n) is 3.02. The Morgan fingerprint density at radius 2 is 1.54 bits per heavy atom. The summed E-state index contributed by atoms with van der Waals surface area (Å²) < 4.78 is 81.5. The van der Waals surface area contributed by atoms with Crippen molar-refractivity contribution in [1.82, 2.24) is 0 Å². The van der Waals surface area contributed by atoms with E-state index in [-0.39, 0.29) is 17.1 Å². The summed E-state index contributed by atoms with van der Waals surface area (Å²) in [4.78, 5) is 0. The quantitative estimate of drug-likeness (QED) is 0.455. The summed E-state index contributed by atoms with van der Waals surface area (Å²) in [6.45, 7) is 0. The molecule has 1 saturated heterocycles. The van der Waals surface area contributed by atoms with Crippen molar-refractivity contribution in [3.8, 4) is 0 Å². The second-order valence-corrected chi connectivity index (χ2v) is 11.0. The van der Waals surface area contributed by atoms with E-state index in [1.54, 1.807) is 36.4 Å². The van der Waals surface area contributed by atoms with Gasteiger partial charge in [0.25, 0.3) is 0 Å². The van der Waals surface area contributed by atoms with Crippen LogP contribution in [0.25, 0.3) is 5.57 Å². The zero-order valence-electron chi connectivity index (χ0n) is 14.7. The third-order valence-corrected chi connectivity index (χ3v) is 9.31. The minimum absolute atomic E-state index is 0.174. The maximum absolute atomic E-state index is 14.5. The first-order valence-electron chi connectivity index (χ1n) is 8.47. The van der Waals surface area contributed by atoms with Gasteiger partial charge in [-0.3, -0.25) is 0 Å². The third kappa shape index (κ3) is 4.42. The minimum atomic E-state index is -5.76. The van der Waals surface area contributed by atoms with Crippen LogP contribution in [-0.4, -0.2) is 25.4 Å². The van der Waals surface area contributed by atoms with E-state index in [4.69, 9.17) is 3.63 Å². The number of alkyl halides is 3. The number of hydrogen-bond donors (Lipinski definition) is 0. The van der Waals surface area contributed by atoms with Crippen LogP contribution in [0.4, 0.5) is 17.6 Å². The highest BCUT2D eigenvalue weighted by atomic mass is 32.3. The van der Waals surface area contributed by atoms with Crippen LogP contribution in [0, 0.1) is 5.82 Å². The first kappa shape index (κ1) is 20.9. The highest BCUT2D eigenvalue weighted by molar-refractivity contribution is 8.35. The van der Waals surface area contributed by atoms with E-state index < -0.39 is 31.8 Å². The Morgan fingerprint density at radius 1 is 0.964 bits per heavy atom. The van der Waals surface area contributed by atoms with Crippen molar-refractivity contribution in [1.29, 1.82) is 0 Å². The summed E-state index contributed by atoms with van der Waals surface area (Å²) in [7, 11) is -8.51. The second kappa shape index (κ2) is 7.88. The molecule has 0 atom stereocenters. The zero-order chi connectivity index (χ0) is 20.4. The molecule has 0 N–H and O–H groups in total. The molecule has 3 nitrogen and oxygen atoms in total. The molecule has 0 amide bonds. The number of rotatable bonds is 5. The van der Waals surface area contributed by atoms with Crippen molar-refractivity contribution < 1.29 is 29.6 Å². The van der Waals surface area contributed by atoms with Gasteiger partial charge in [0, 0.05) is 17.1 Å². The zero-order valence-corrected chi connectivity index (χ0v) is 16.3. The van der Waals surface area contributed by atoms with Gasteiger partial charge >= 0.3 is 15.6 Å². The first-order chi connectivity index (χ1) is 13.1. The molecule has 1 aliphatic rings. The number of hydrogen-bond acceptors (Lipinski definition) is 3. The maximum atomic E-state index is 14.5. The smallest absolute Gasteiger partial charge is 0.209 e. The molecule has 152 valence electrons. The highest BCUT2D eigenvalue weighted by Gasteiger charge is 2.51. The Bertz CT molecular complexity index is 964. The lowest BCUT2D eigenvalue weighted by atomic mass is 9.99. The normalized spacial score (nSPS) is 18.8. The summed E-state index contributed by atoms with van der Waals surface area (Å²) in [5.74, 6) is -0.205. The highest BCUT2D eigenvalue weighted by Crippen LogP contribution is 2.60. The topological polar surface area (TPSA) is 43.4 Å². The molecule has 3 rings (SSSR count). The molecule has 1 aliphatic heterocycles. The van der Waals surface area contributed by atoms with E-state index in [0.29, 0.717) is 24.0 Å². The predicted molar refractivity (Wildman–Crippen MR) is 103 cm³/mol. The van der Waals surface area contributed by atoms with Crippen LogP contribution < -0.4 is 0 Å². The lowest BCUT2D eigenvalue weighted by molar-refractivity contribution is -0.0495. The van der Waals surface area contributed by atoms with Gasteiger partial charge in [-0.05, 0) is 35.5 Å². The molecule has 0 aromatic heterocycles. The van der Waals surface area contributed by atoms with Gasteiger partial charge in [-0.15, -0.1) is 0 Å². The Labute approximate surface area is 162 Å². The number of halogens is 4. The van der Waals surface area contributed by atoms with Gasteiger partial charge in [0.2, 0.25) is 0 Å². The molecule has 1 heterocycles. The molecule has 2 aromatic carbocycles. The van der Waals surface area contributed by atoms with Crippen LogP contribution in [0.15, 0.2) is 60.0 Å². The van der Waals surface area contributed by atoms with Crippen LogP contribution in [-0.2, 0) is 13.7 Å². The van der Waals surface area contributed by atoms with E-state index in [9.17, 15) is 26.0 Å². The van der Waals surface area contributed by atoms with Gasteiger partial charge in [0.15, 0.2) is 0 Å². The van der Waals surface area contributed by atoms with Crippen LogP contribution in [0.1, 0.15) is 24.0 Å². The average Bonchev–Trinajstić information content (AvgIpc) is 3.08. The molecule has 0 spiro atoms. The van der Waals surface area contributed by atoms with Gasteiger partial charge in [-0.25, -0.2) is 8.02 Å². The average molecular weight is 434 g/mol. The summed E-state index contributed by atoms with van der Waals surface area (Å²) in [6, 6.07) is 14.4. The van der Waals surface area contributed by atoms with E-state index in [1.807, 2.05) is 0 Å². The van der Waals surface area contributed by atoms with Crippen molar-refractivity contribution in [2.24, 2.45) is 0 Å². The fourth-order valence-corrected chi connectivity index (χ4v) is 7.97. The molecule has 0 unspecified atom stereocenters. The SMILES string of the molecule is O=S(=O)(OS1(C=C(c2ccccc2)c2ccccc2F)CCCC1)C(F)(F)F. The Kier molecular flexibility index (Phi) is 5.88. The lowest BCUT2D eigenvalue weighted by Gasteiger charge is -2.32. The van der Waals surface area contributed by atoms with Crippen molar-refractivity contribution in [2.45, 2.75) is 18.3 Å². The molecule has 2 aromatic rings. The molecule has 28 heavy (non-hydrogen) atoms. The molecule has 0 bridgehead atoms. The Balaban J connectivity index is 2.16. The monoisotopic (exact) mass is 434 g/mol. The van der Waals surface area contributed by atoms with Gasteiger partial charge in [0.05, 0.1) is 0 Å². The second-order valence-electron chi connectivity index (χ2n) is 6.33. The largest absolute Gasteiger partial charge is 0.523 e. The maximum Gasteiger partial charge on any atom is 0.523 e. The molecule has 0 aliphatic carbocycles.